The van der Waals surface area contributed by atoms with Gasteiger partial charge in [-0.2, -0.15) is 0 Å². The van der Waals surface area contributed by atoms with Crippen LogP contribution in [-0.4, -0.2) is 35.9 Å². The smallest absolute Gasteiger partial charge is 0.261 e. The fourth-order valence-electron chi connectivity index (χ4n) is 2.78. The van der Waals surface area contributed by atoms with Crippen LogP contribution < -0.4 is 10.1 Å². The maximum atomic E-state index is 13.7. The minimum atomic E-state index is -0.623. The van der Waals surface area contributed by atoms with Crippen molar-refractivity contribution in [3.63, 3.8) is 0 Å². The van der Waals surface area contributed by atoms with Crippen LogP contribution in [0.3, 0.4) is 0 Å². The molecule has 2 amide bonds. The monoisotopic (exact) mass is 372 g/mol. The Morgan fingerprint density at radius 1 is 1.07 bits per heavy atom. The Bertz CT molecular complexity index is 752. The first-order chi connectivity index (χ1) is 13.1. The molecule has 1 atom stereocenters. The third-order valence-corrected chi connectivity index (χ3v) is 4.12. The van der Waals surface area contributed by atoms with Crippen molar-refractivity contribution in [2.45, 2.75) is 32.9 Å². The molecular formula is C21H25FN2O3. The van der Waals surface area contributed by atoms with Gasteiger partial charge in [0.25, 0.3) is 5.91 Å². The number of likely N-dealkylation sites (N-methyl/N-ethyl adjacent to an activating group) is 1. The Hall–Kier alpha value is -2.89. The van der Waals surface area contributed by atoms with Gasteiger partial charge in [0, 0.05) is 13.1 Å². The van der Waals surface area contributed by atoms with Crippen molar-refractivity contribution < 1.29 is 18.7 Å². The van der Waals surface area contributed by atoms with E-state index in [0.29, 0.717) is 13.0 Å². The van der Waals surface area contributed by atoms with Crippen LogP contribution in [0.2, 0.25) is 0 Å². The summed E-state index contributed by atoms with van der Waals surface area (Å²) in [6.45, 7) is 4.09. The zero-order valence-corrected chi connectivity index (χ0v) is 15.7. The molecule has 0 fully saturated rings. The highest BCUT2D eigenvalue weighted by Crippen LogP contribution is 2.17. The number of nitrogens with zero attached hydrogens (tertiary/aromatic N) is 1. The fraction of sp³-hybridized carbons (Fsp3) is 0.333. The molecule has 5 nitrogen and oxygen atoms in total. The second-order valence-electron chi connectivity index (χ2n) is 6.04. The van der Waals surface area contributed by atoms with Gasteiger partial charge in [-0.15, -0.1) is 0 Å². The summed E-state index contributed by atoms with van der Waals surface area (Å²) in [5.74, 6) is -1.11. The van der Waals surface area contributed by atoms with Crippen molar-refractivity contribution in [1.29, 1.82) is 0 Å². The normalized spacial score (nSPS) is 11.5. The minimum absolute atomic E-state index is 0.0107. The van der Waals surface area contributed by atoms with Crippen molar-refractivity contribution in [3.05, 3.63) is 66.0 Å². The maximum absolute atomic E-state index is 13.7. The largest absolute Gasteiger partial charge is 0.481 e. The topological polar surface area (TPSA) is 58.6 Å². The molecule has 0 aliphatic heterocycles. The second kappa shape index (κ2) is 10.3. The summed E-state index contributed by atoms with van der Waals surface area (Å²) in [5, 5.41) is 2.77. The predicted molar refractivity (Wildman–Crippen MR) is 102 cm³/mol. The van der Waals surface area contributed by atoms with E-state index < -0.39 is 11.9 Å². The van der Waals surface area contributed by atoms with E-state index >= 15 is 0 Å². The molecule has 1 N–H and O–H groups in total. The van der Waals surface area contributed by atoms with Crippen molar-refractivity contribution in [2.75, 3.05) is 13.2 Å². The summed E-state index contributed by atoms with van der Waals surface area (Å²) in [6, 6.07) is 14.7. The summed E-state index contributed by atoms with van der Waals surface area (Å²) in [5.41, 5.74) is 0.902. The first kappa shape index (κ1) is 20.4. The number of hydrogen-bond donors (Lipinski definition) is 1. The van der Waals surface area contributed by atoms with Crippen molar-refractivity contribution in [2.24, 2.45) is 0 Å². The molecule has 0 bridgehead atoms. The molecular weight excluding hydrogens is 347 g/mol. The van der Waals surface area contributed by atoms with Crippen LogP contribution in [-0.2, 0) is 16.1 Å². The maximum Gasteiger partial charge on any atom is 0.261 e. The number of halogens is 1. The van der Waals surface area contributed by atoms with Crippen LogP contribution in [0.5, 0.6) is 5.75 Å². The molecule has 27 heavy (non-hydrogen) atoms. The van der Waals surface area contributed by atoms with Gasteiger partial charge in [0.2, 0.25) is 5.91 Å². The van der Waals surface area contributed by atoms with Gasteiger partial charge in [0.05, 0.1) is 0 Å². The number of hydrogen-bond acceptors (Lipinski definition) is 3. The molecule has 144 valence electrons. The lowest BCUT2D eigenvalue weighted by atomic mass is 10.1. The quantitative estimate of drug-likeness (QED) is 0.736. The molecule has 2 rings (SSSR count). The number of carbonyl (C=O) groups is 2. The van der Waals surface area contributed by atoms with E-state index in [4.69, 9.17) is 4.74 Å². The molecule has 0 heterocycles. The van der Waals surface area contributed by atoms with E-state index in [1.807, 2.05) is 44.2 Å². The van der Waals surface area contributed by atoms with Crippen molar-refractivity contribution in [3.8, 4) is 5.75 Å². The summed E-state index contributed by atoms with van der Waals surface area (Å²) in [6.07, 6.45) is 0.462. The van der Waals surface area contributed by atoms with Crippen LogP contribution in [0.4, 0.5) is 4.39 Å². The lowest BCUT2D eigenvalue weighted by Gasteiger charge is -2.30. The predicted octanol–water partition coefficient (Wildman–Crippen LogP) is 3.15. The average molecular weight is 372 g/mol. The van der Waals surface area contributed by atoms with E-state index in [9.17, 15) is 14.0 Å². The number of rotatable bonds is 9. The Labute approximate surface area is 159 Å². The minimum Gasteiger partial charge on any atom is -0.481 e. The highest BCUT2D eigenvalue weighted by Gasteiger charge is 2.28. The summed E-state index contributed by atoms with van der Waals surface area (Å²) in [4.78, 5) is 26.8. The number of benzene rings is 2. The summed E-state index contributed by atoms with van der Waals surface area (Å²) >= 11 is 0. The van der Waals surface area contributed by atoms with E-state index in [0.717, 1.165) is 5.56 Å². The Balaban J connectivity index is 2.17. The number of nitrogens with one attached hydrogen (secondary N) is 1. The zero-order chi connectivity index (χ0) is 19.6. The molecule has 0 saturated carbocycles. The first-order valence-corrected chi connectivity index (χ1v) is 9.05. The highest BCUT2D eigenvalue weighted by atomic mass is 19.1. The van der Waals surface area contributed by atoms with Gasteiger partial charge >= 0.3 is 0 Å². The molecule has 0 saturated heterocycles. The van der Waals surface area contributed by atoms with E-state index in [1.54, 1.807) is 12.1 Å². The SMILES string of the molecule is CCNC(=O)[C@@H](CC)N(Cc1ccccc1)C(=O)COc1ccccc1F. The van der Waals surface area contributed by atoms with E-state index in [-0.39, 0.29) is 30.7 Å². The lowest BCUT2D eigenvalue weighted by Crippen LogP contribution is -2.50. The fourth-order valence-corrected chi connectivity index (χ4v) is 2.78. The van der Waals surface area contributed by atoms with Crippen LogP contribution in [0, 0.1) is 5.82 Å². The average Bonchev–Trinajstić information content (AvgIpc) is 2.68. The third-order valence-electron chi connectivity index (χ3n) is 4.12. The zero-order valence-electron chi connectivity index (χ0n) is 15.7. The van der Waals surface area contributed by atoms with Crippen molar-refractivity contribution in [1.82, 2.24) is 10.2 Å². The molecule has 0 aliphatic carbocycles. The molecule has 0 radical (unpaired) electrons. The van der Waals surface area contributed by atoms with E-state index in [1.165, 1.54) is 17.0 Å². The molecule has 2 aromatic rings. The Kier molecular flexibility index (Phi) is 7.79. The standard InChI is InChI=1S/C21H25FN2O3/c1-3-18(21(26)23-4-2)24(14-16-10-6-5-7-11-16)20(25)15-27-19-13-9-8-12-17(19)22/h5-13,18H,3-4,14-15H2,1-2H3,(H,23,26)/t18-/m1/s1. The van der Waals surface area contributed by atoms with Gasteiger partial charge in [0.1, 0.15) is 6.04 Å². The Morgan fingerprint density at radius 3 is 2.37 bits per heavy atom. The van der Waals surface area contributed by atoms with Crippen LogP contribution >= 0.6 is 0 Å². The second-order valence-corrected chi connectivity index (χ2v) is 6.04. The first-order valence-electron chi connectivity index (χ1n) is 9.05. The van der Waals surface area contributed by atoms with Gasteiger partial charge in [0.15, 0.2) is 18.2 Å². The van der Waals surface area contributed by atoms with Gasteiger partial charge in [-0.3, -0.25) is 9.59 Å². The third kappa shape index (κ3) is 5.81. The van der Waals surface area contributed by atoms with Crippen LogP contribution in [0.15, 0.2) is 54.6 Å². The summed E-state index contributed by atoms with van der Waals surface area (Å²) in [7, 11) is 0. The molecule has 6 heteroatoms. The molecule has 2 aromatic carbocycles. The number of carbonyl (C=O) groups excluding carboxylic acids is 2. The van der Waals surface area contributed by atoms with Gasteiger partial charge < -0.3 is 15.0 Å². The number of para-hydroxylation sites is 1. The molecule has 0 spiro atoms. The van der Waals surface area contributed by atoms with Crippen LogP contribution in [0.25, 0.3) is 0 Å². The molecule has 0 unspecified atom stereocenters. The molecule has 0 aliphatic rings. The van der Waals surface area contributed by atoms with Gasteiger partial charge in [-0.05, 0) is 31.0 Å². The van der Waals surface area contributed by atoms with Gasteiger partial charge in [-0.25, -0.2) is 4.39 Å². The number of amides is 2. The van der Waals surface area contributed by atoms with E-state index in [2.05, 4.69) is 5.32 Å². The van der Waals surface area contributed by atoms with Gasteiger partial charge in [-0.1, -0.05) is 49.4 Å². The summed E-state index contributed by atoms with van der Waals surface area (Å²) < 4.78 is 19.1. The molecule has 0 aromatic heterocycles. The number of ether oxygens (including phenoxy) is 1. The highest BCUT2D eigenvalue weighted by molar-refractivity contribution is 5.88. The Morgan fingerprint density at radius 2 is 1.74 bits per heavy atom. The van der Waals surface area contributed by atoms with Crippen molar-refractivity contribution >= 4 is 11.8 Å². The lowest BCUT2D eigenvalue weighted by molar-refractivity contribution is -0.143. The van der Waals surface area contributed by atoms with Crippen LogP contribution in [0.1, 0.15) is 25.8 Å².